The molecule has 0 fully saturated rings. The highest BCUT2D eigenvalue weighted by atomic mass is 35.5. The van der Waals surface area contributed by atoms with Gasteiger partial charge in [-0.05, 0) is 13.0 Å². The van der Waals surface area contributed by atoms with E-state index < -0.39 is 40.2 Å². The molecule has 25 heavy (non-hydrogen) atoms. The van der Waals surface area contributed by atoms with Gasteiger partial charge < -0.3 is 0 Å². The highest BCUT2D eigenvalue weighted by Gasteiger charge is 2.39. The van der Waals surface area contributed by atoms with Gasteiger partial charge in [-0.1, -0.05) is 11.6 Å². The molecule has 5 nitrogen and oxygen atoms in total. The van der Waals surface area contributed by atoms with Gasteiger partial charge in [-0.2, -0.15) is 26.3 Å². The lowest BCUT2D eigenvalue weighted by atomic mass is 10.2. The molecule has 2 aromatic heterocycles. The lowest BCUT2D eigenvalue weighted by Gasteiger charge is -2.14. The van der Waals surface area contributed by atoms with Crippen LogP contribution in [0, 0.1) is 6.92 Å². The zero-order valence-corrected chi connectivity index (χ0v) is 13.6. The Morgan fingerprint density at radius 1 is 1.20 bits per heavy atom. The Bertz CT molecular complexity index is 804. The first-order chi connectivity index (χ1) is 11.4. The van der Waals surface area contributed by atoms with Crippen molar-refractivity contribution in [3.05, 3.63) is 38.4 Å². The van der Waals surface area contributed by atoms with Crippen molar-refractivity contribution >= 4 is 34.7 Å². The second-order valence-corrected chi connectivity index (χ2v) is 6.17. The third kappa shape index (κ3) is 4.51. The average molecular weight is 405 g/mol. The van der Waals surface area contributed by atoms with Crippen molar-refractivity contribution in [1.82, 2.24) is 15.4 Å². The molecule has 0 aromatic carbocycles. The van der Waals surface area contributed by atoms with Crippen molar-refractivity contribution in [3.8, 4) is 0 Å². The molecule has 2 N–H and O–H groups in total. The van der Waals surface area contributed by atoms with Crippen LogP contribution >= 0.6 is 22.9 Å². The number of hydrazine groups is 1. The number of thiazole rings is 1. The van der Waals surface area contributed by atoms with Crippen LogP contribution in [-0.2, 0) is 12.4 Å². The van der Waals surface area contributed by atoms with Crippen LogP contribution < -0.4 is 10.9 Å². The SMILES string of the molecule is Cc1nc(C(F)(F)F)c(C(=O)NNc2ncc(Cl)cc2C(F)(F)F)s1. The molecule has 0 spiro atoms. The second kappa shape index (κ2) is 6.67. The molecule has 2 aromatic rings. The summed E-state index contributed by atoms with van der Waals surface area (Å²) in [5.74, 6) is -2.12. The summed E-state index contributed by atoms with van der Waals surface area (Å²) in [4.78, 5) is 17.7. The van der Waals surface area contributed by atoms with Crippen LogP contribution in [0.3, 0.4) is 0 Å². The highest BCUT2D eigenvalue weighted by molar-refractivity contribution is 7.13. The van der Waals surface area contributed by atoms with Gasteiger partial charge in [0.2, 0.25) is 0 Å². The minimum Gasteiger partial charge on any atom is -0.281 e. The summed E-state index contributed by atoms with van der Waals surface area (Å²) in [6.45, 7) is 1.26. The zero-order valence-electron chi connectivity index (χ0n) is 12.0. The van der Waals surface area contributed by atoms with Gasteiger partial charge in [0.1, 0.15) is 10.4 Å². The number of amides is 1. The first-order valence-corrected chi connectivity index (χ1v) is 7.42. The van der Waals surface area contributed by atoms with E-state index in [-0.39, 0.29) is 10.0 Å². The second-order valence-electron chi connectivity index (χ2n) is 4.53. The fourth-order valence-corrected chi connectivity index (χ4v) is 2.69. The van der Waals surface area contributed by atoms with E-state index in [2.05, 4.69) is 9.97 Å². The molecular weight excluding hydrogens is 398 g/mol. The lowest BCUT2D eigenvalue weighted by Crippen LogP contribution is -2.32. The minimum absolute atomic E-state index is 0.0296. The minimum atomic E-state index is -4.88. The van der Waals surface area contributed by atoms with Gasteiger partial charge >= 0.3 is 12.4 Å². The van der Waals surface area contributed by atoms with Gasteiger partial charge in [-0.25, -0.2) is 9.97 Å². The lowest BCUT2D eigenvalue weighted by molar-refractivity contribution is -0.141. The molecule has 0 aliphatic rings. The maximum absolute atomic E-state index is 12.9. The van der Waals surface area contributed by atoms with Crippen LogP contribution in [0.1, 0.15) is 25.9 Å². The van der Waals surface area contributed by atoms with Crippen molar-refractivity contribution in [2.75, 3.05) is 5.43 Å². The van der Waals surface area contributed by atoms with Gasteiger partial charge in [-0.15, -0.1) is 11.3 Å². The van der Waals surface area contributed by atoms with E-state index >= 15 is 0 Å². The van der Waals surface area contributed by atoms with E-state index in [4.69, 9.17) is 11.6 Å². The van der Waals surface area contributed by atoms with E-state index in [0.717, 1.165) is 6.20 Å². The summed E-state index contributed by atoms with van der Waals surface area (Å²) < 4.78 is 77.1. The highest BCUT2D eigenvalue weighted by Crippen LogP contribution is 2.36. The number of halogens is 7. The number of hydrogen-bond acceptors (Lipinski definition) is 5. The topological polar surface area (TPSA) is 66.9 Å². The number of alkyl halides is 6. The molecule has 0 unspecified atom stereocenters. The van der Waals surface area contributed by atoms with Crippen molar-refractivity contribution < 1.29 is 31.1 Å². The largest absolute Gasteiger partial charge is 0.435 e. The van der Waals surface area contributed by atoms with Crippen molar-refractivity contribution in [2.24, 2.45) is 0 Å². The number of aromatic nitrogens is 2. The molecule has 1 amide bonds. The Balaban J connectivity index is 2.25. The maximum Gasteiger partial charge on any atom is 0.435 e. The summed E-state index contributed by atoms with van der Waals surface area (Å²) in [7, 11) is 0. The molecule has 2 heterocycles. The molecule has 0 radical (unpaired) electrons. The monoisotopic (exact) mass is 404 g/mol. The number of nitrogens with zero attached hydrogens (tertiary/aromatic N) is 2. The number of nitrogens with one attached hydrogen (secondary N) is 2. The van der Waals surface area contributed by atoms with E-state index in [0.29, 0.717) is 17.4 Å². The molecular formula is C12H7ClF6N4OS. The van der Waals surface area contributed by atoms with Gasteiger partial charge in [0.05, 0.1) is 10.0 Å². The van der Waals surface area contributed by atoms with Crippen LogP contribution in [0.5, 0.6) is 0 Å². The summed E-state index contributed by atoms with van der Waals surface area (Å²) in [5.41, 5.74) is 0.888. The smallest absolute Gasteiger partial charge is 0.281 e. The number of anilines is 1. The fourth-order valence-electron chi connectivity index (χ4n) is 1.70. The van der Waals surface area contributed by atoms with Crippen LogP contribution in [-0.4, -0.2) is 15.9 Å². The Labute approximate surface area is 145 Å². The fraction of sp³-hybridized carbons (Fsp3) is 0.250. The number of aryl methyl sites for hydroxylation is 1. The summed E-state index contributed by atoms with van der Waals surface area (Å²) >= 11 is 5.90. The quantitative estimate of drug-likeness (QED) is 0.591. The maximum atomic E-state index is 12.9. The molecule has 136 valence electrons. The van der Waals surface area contributed by atoms with Gasteiger partial charge in [0.25, 0.3) is 5.91 Å². The first-order valence-electron chi connectivity index (χ1n) is 6.23. The molecule has 0 saturated heterocycles. The van der Waals surface area contributed by atoms with Gasteiger partial charge in [0.15, 0.2) is 11.5 Å². The predicted octanol–water partition coefficient (Wildman–Crippen LogP) is 4.29. The van der Waals surface area contributed by atoms with Gasteiger partial charge in [0, 0.05) is 6.20 Å². The van der Waals surface area contributed by atoms with Crippen LogP contribution in [0.4, 0.5) is 32.2 Å². The van der Waals surface area contributed by atoms with Crippen molar-refractivity contribution in [2.45, 2.75) is 19.3 Å². The van der Waals surface area contributed by atoms with Crippen LogP contribution in [0.2, 0.25) is 5.02 Å². The van der Waals surface area contributed by atoms with Crippen LogP contribution in [0.25, 0.3) is 0 Å². The normalized spacial score (nSPS) is 12.2. The molecule has 2 rings (SSSR count). The Morgan fingerprint density at radius 3 is 2.40 bits per heavy atom. The third-order valence-electron chi connectivity index (χ3n) is 2.66. The van der Waals surface area contributed by atoms with Crippen molar-refractivity contribution in [3.63, 3.8) is 0 Å². The molecule has 0 saturated carbocycles. The van der Waals surface area contributed by atoms with E-state index in [1.165, 1.54) is 6.92 Å². The summed E-state index contributed by atoms with van der Waals surface area (Å²) in [5, 5.41) is -0.334. The van der Waals surface area contributed by atoms with E-state index in [1.54, 1.807) is 5.43 Å². The average Bonchev–Trinajstić information content (AvgIpc) is 2.87. The molecule has 0 aliphatic heterocycles. The molecule has 0 atom stereocenters. The molecule has 13 heteroatoms. The molecule has 0 bridgehead atoms. The summed E-state index contributed by atoms with van der Waals surface area (Å²) in [6.07, 6.45) is -8.85. The molecule has 0 aliphatic carbocycles. The third-order valence-corrected chi connectivity index (χ3v) is 3.84. The number of carbonyl (C=O) groups is 1. The predicted molar refractivity (Wildman–Crippen MR) is 77.2 cm³/mol. The number of hydrogen-bond donors (Lipinski definition) is 2. The summed E-state index contributed by atoms with van der Waals surface area (Å²) in [6, 6.07) is 0.557. The zero-order chi connectivity index (χ0) is 19.0. The Morgan fingerprint density at radius 2 is 1.84 bits per heavy atom. The van der Waals surface area contributed by atoms with Gasteiger partial charge in [-0.3, -0.25) is 15.6 Å². The van der Waals surface area contributed by atoms with Crippen LogP contribution in [0.15, 0.2) is 12.3 Å². The Kier molecular flexibility index (Phi) is 5.14. The van der Waals surface area contributed by atoms with E-state index in [1.807, 2.05) is 5.43 Å². The standard InChI is InChI=1S/C12H7ClF6N4OS/c1-4-21-8(12(17,18)19)7(25-4)10(24)23-22-9-6(11(14,15)16)2-5(13)3-20-9/h2-3H,1H3,(H,20,22)(H,23,24). The number of rotatable bonds is 3. The Hall–Kier alpha value is -2.08. The number of carbonyl (C=O) groups excluding carboxylic acids is 1. The first kappa shape index (κ1) is 19.2. The van der Waals surface area contributed by atoms with E-state index in [9.17, 15) is 31.1 Å². The van der Waals surface area contributed by atoms with Crippen molar-refractivity contribution in [1.29, 1.82) is 0 Å². The number of pyridine rings is 1.